The molecule has 3 rings (SSSR count). The Morgan fingerprint density at radius 1 is 1.24 bits per heavy atom. The Hall–Kier alpha value is -1.84. The molecule has 9 heteroatoms. The molecule has 0 spiro atoms. The predicted octanol–water partition coefficient (Wildman–Crippen LogP) is 2.72. The van der Waals surface area contributed by atoms with E-state index in [1.54, 1.807) is 23.1 Å². The van der Waals surface area contributed by atoms with Crippen molar-refractivity contribution < 1.29 is 23.1 Å². The van der Waals surface area contributed by atoms with Crippen LogP contribution in [0, 0.1) is 11.8 Å². The van der Waals surface area contributed by atoms with E-state index < -0.39 is 10.0 Å². The van der Waals surface area contributed by atoms with Crippen molar-refractivity contribution in [3.63, 3.8) is 0 Å². The molecule has 192 valence electrons. The van der Waals surface area contributed by atoms with Crippen LogP contribution in [-0.4, -0.2) is 80.9 Å². The van der Waals surface area contributed by atoms with Crippen LogP contribution < -0.4 is 9.46 Å². The summed E-state index contributed by atoms with van der Waals surface area (Å²) in [6.45, 7) is 6.07. The van der Waals surface area contributed by atoms with Gasteiger partial charge >= 0.3 is 0 Å². The molecule has 0 saturated heterocycles. The monoisotopic (exact) mass is 495 g/mol. The number of aliphatic hydroxyl groups is 1. The van der Waals surface area contributed by atoms with Crippen molar-refractivity contribution in [3.8, 4) is 5.75 Å². The van der Waals surface area contributed by atoms with Crippen molar-refractivity contribution in [1.82, 2.24) is 9.80 Å². The van der Waals surface area contributed by atoms with Gasteiger partial charge in [-0.15, -0.1) is 0 Å². The van der Waals surface area contributed by atoms with Gasteiger partial charge in [0.15, 0.2) is 0 Å². The average Bonchev–Trinajstić information content (AvgIpc) is 2.81. The minimum atomic E-state index is -3.44. The zero-order valence-electron chi connectivity index (χ0n) is 21.0. The molecule has 1 aromatic rings. The van der Waals surface area contributed by atoms with E-state index >= 15 is 0 Å². The first kappa shape index (κ1) is 26.8. The van der Waals surface area contributed by atoms with Crippen molar-refractivity contribution in [1.29, 1.82) is 0 Å². The lowest BCUT2D eigenvalue weighted by Crippen LogP contribution is -2.48. The topological polar surface area (TPSA) is 99.2 Å². The van der Waals surface area contributed by atoms with Crippen LogP contribution in [0.25, 0.3) is 0 Å². The van der Waals surface area contributed by atoms with E-state index in [2.05, 4.69) is 23.6 Å². The van der Waals surface area contributed by atoms with E-state index in [9.17, 15) is 18.3 Å². The van der Waals surface area contributed by atoms with Crippen LogP contribution in [0.5, 0.6) is 5.75 Å². The number of nitrogens with zero attached hydrogens (tertiary/aromatic N) is 2. The van der Waals surface area contributed by atoms with Crippen LogP contribution in [0.3, 0.4) is 0 Å². The summed E-state index contributed by atoms with van der Waals surface area (Å²) in [4.78, 5) is 17.3. The summed E-state index contributed by atoms with van der Waals surface area (Å²) in [7, 11) is -1.31. The number of ether oxygens (including phenoxy) is 1. The average molecular weight is 496 g/mol. The van der Waals surface area contributed by atoms with Gasteiger partial charge in [-0.05, 0) is 50.9 Å². The molecule has 2 N–H and O–H groups in total. The van der Waals surface area contributed by atoms with Crippen molar-refractivity contribution in [3.05, 3.63) is 23.8 Å². The molecule has 1 heterocycles. The molecule has 1 aliphatic heterocycles. The molecule has 0 radical (unpaired) electrons. The molecular formula is C25H41N3O5S. The highest BCUT2D eigenvalue weighted by Gasteiger charge is 2.31. The highest BCUT2D eigenvalue weighted by Crippen LogP contribution is 2.30. The number of nitrogens with one attached hydrogen (secondary N) is 1. The summed E-state index contributed by atoms with van der Waals surface area (Å²) >= 11 is 0. The number of benzene rings is 1. The van der Waals surface area contributed by atoms with E-state index in [0.717, 1.165) is 25.3 Å². The molecule has 1 fully saturated rings. The van der Waals surface area contributed by atoms with Crippen molar-refractivity contribution >= 4 is 21.6 Å². The number of fused-ring (bicyclic) bond motifs is 1. The summed E-state index contributed by atoms with van der Waals surface area (Å²) in [5.74, 6) is 1.26. The zero-order valence-corrected chi connectivity index (χ0v) is 21.8. The van der Waals surface area contributed by atoms with Gasteiger partial charge in [-0.1, -0.05) is 26.2 Å². The first-order chi connectivity index (χ1) is 16.1. The molecule has 8 nitrogen and oxygen atoms in total. The second kappa shape index (κ2) is 11.7. The molecule has 1 amide bonds. The zero-order chi connectivity index (χ0) is 24.9. The predicted molar refractivity (Wildman–Crippen MR) is 135 cm³/mol. The molecule has 0 bridgehead atoms. The number of carbonyl (C=O) groups excluding carboxylic acids is 1. The van der Waals surface area contributed by atoms with Gasteiger partial charge in [-0.2, -0.15) is 0 Å². The fraction of sp³-hybridized carbons (Fsp3) is 0.720. The molecule has 3 atom stereocenters. The smallest absolute Gasteiger partial charge is 0.229 e. The second-order valence-corrected chi connectivity index (χ2v) is 12.1. The quantitative estimate of drug-likeness (QED) is 0.575. The van der Waals surface area contributed by atoms with Crippen molar-refractivity contribution in [2.45, 2.75) is 64.5 Å². The lowest BCUT2D eigenvalue weighted by Gasteiger charge is -2.35. The summed E-state index contributed by atoms with van der Waals surface area (Å²) in [5.41, 5.74) is 1.04. The van der Waals surface area contributed by atoms with E-state index in [1.807, 2.05) is 6.92 Å². The minimum Gasteiger partial charge on any atom is -0.488 e. The Morgan fingerprint density at radius 3 is 2.59 bits per heavy atom. The highest BCUT2D eigenvalue weighted by atomic mass is 32.2. The maximum atomic E-state index is 13.2. The van der Waals surface area contributed by atoms with Gasteiger partial charge in [0.2, 0.25) is 15.9 Å². The molecular weight excluding hydrogens is 454 g/mol. The lowest BCUT2D eigenvalue weighted by molar-refractivity contribution is -0.134. The Bertz CT molecular complexity index is 932. The van der Waals surface area contributed by atoms with Crippen LogP contribution in [0.1, 0.15) is 51.5 Å². The van der Waals surface area contributed by atoms with E-state index in [1.165, 1.54) is 32.1 Å². The first-order valence-electron chi connectivity index (χ1n) is 12.4. The van der Waals surface area contributed by atoms with E-state index in [4.69, 9.17) is 4.74 Å². The van der Waals surface area contributed by atoms with Gasteiger partial charge in [0.25, 0.3) is 0 Å². The van der Waals surface area contributed by atoms with Gasteiger partial charge in [-0.3, -0.25) is 9.52 Å². The molecule has 1 aliphatic carbocycles. The number of hydrogen-bond acceptors (Lipinski definition) is 6. The third-order valence-corrected chi connectivity index (χ3v) is 7.61. The Kier molecular flexibility index (Phi) is 9.23. The molecule has 1 saturated carbocycles. The number of sulfonamides is 1. The third kappa shape index (κ3) is 7.58. The fourth-order valence-electron chi connectivity index (χ4n) is 5.12. The number of rotatable bonds is 8. The van der Waals surface area contributed by atoms with Crippen molar-refractivity contribution in [2.75, 3.05) is 44.3 Å². The summed E-state index contributed by atoms with van der Waals surface area (Å²) < 4.78 is 32.4. The Morgan fingerprint density at radius 2 is 1.94 bits per heavy atom. The van der Waals surface area contributed by atoms with Crippen molar-refractivity contribution in [2.24, 2.45) is 11.8 Å². The summed E-state index contributed by atoms with van der Waals surface area (Å²) in [6.07, 6.45) is 7.53. The van der Waals surface area contributed by atoms with Gasteiger partial charge in [0.05, 0.1) is 25.3 Å². The van der Waals surface area contributed by atoms with Gasteiger partial charge in [0.1, 0.15) is 11.9 Å². The number of hydrogen-bond donors (Lipinski definition) is 2. The SMILES string of the molecule is C[C@@H]1CN([C@@H](C)CO)C(=O)Cc2cc(NS(C)(=O)=O)ccc2O[C@@H]1CN(C)CC1CCCCC1. The van der Waals surface area contributed by atoms with Gasteiger partial charge in [0, 0.05) is 36.8 Å². The van der Waals surface area contributed by atoms with E-state index in [0.29, 0.717) is 23.5 Å². The first-order valence-corrected chi connectivity index (χ1v) is 14.3. The largest absolute Gasteiger partial charge is 0.488 e. The summed E-state index contributed by atoms with van der Waals surface area (Å²) in [5, 5.41) is 9.77. The molecule has 34 heavy (non-hydrogen) atoms. The number of likely N-dealkylation sites (N-methyl/N-ethyl adjacent to an activating group) is 1. The Labute approximate surface area is 204 Å². The normalized spacial score (nSPS) is 23.5. The minimum absolute atomic E-state index is 0.0477. The standard InChI is InChI=1S/C25H41N3O5S/c1-18-14-28(19(2)17-29)25(30)13-21-12-22(26-34(4,31)32)10-11-23(21)33-24(18)16-27(3)15-20-8-6-5-7-9-20/h10-12,18-20,24,26,29H,5-9,13-17H2,1-4H3/t18-,19+,24-/m1/s1. The van der Waals surface area contributed by atoms with Crippen LogP contribution in [0.2, 0.25) is 0 Å². The second-order valence-electron chi connectivity index (χ2n) is 10.3. The van der Waals surface area contributed by atoms with E-state index in [-0.39, 0.29) is 37.0 Å². The fourth-order valence-corrected chi connectivity index (χ4v) is 5.67. The third-order valence-electron chi connectivity index (χ3n) is 7.01. The lowest BCUT2D eigenvalue weighted by atomic mass is 9.89. The number of amides is 1. The maximum Gasteiger partial charge on any atom is 0.229 e. The summed E-state index contributed by atoms with van der Waals surface area (Å²) in [6, 6.07) is 4.79. The van der Waals surface area contributed by atoms with Crippen LogP contribution in [0.4, 0.5) is 5.69 Å². The van der Waals surface area contributed by atoms with Gasteiger partial charge in [-0.25, -0.2) is 8.42 Å². The molecule has 0 unspecified atom stereocenters. The molecule has 2 aliphatic rings. The number of anilines is 1. The maximum absolute atomic E-state index is 13.2. The highest BCUT2D eigenvalue weighted by molar-refractivity contribution is 7.92. The van der Waals surface area contributed by atoms with Gasteiger partial charge < -0.3 is 19.6 Å². The van der Waals surface area contributed by atoms with Crippen LogP contribution in [0.15, 0.2) is 18.2 Å². The Balaban J connectivity index is 1.87. The number of aliphatic hydroxyl groups excluding tert-OH is 1. The van der Waals surface area contributed by atoms with Crippen LogP contribution in [-0.2, 0) is 21.2 Å². The molecule has 0 aromatic heterocycles. The van der Waals surface area contributed by atoms with Crippen LogP contribution >= 0.6 is 0 Å². The number of carbonyl (C=O) groups is 1. The molecule has 1 aromatic carbocycles.